The molecule has 0 aliphatic carbocycles. The average Bonchev–Trinajstić information content (AvgIpc) is 3.41. The molecule has 0 unspecified atom stereocenters. The maximum atomic E-state index is 12.7. The molecule has 2 heterocycles. The molecule has 0 radical (unpaired) electrons. The van der Waals surface area contributed by atoms with Crippen molar-refractivity contribution in [2.75, 3.05) is 6.61 Å². The minimum Gasteiger partial charge on any atom is -0.451 e. The monoisotopic (exact) mass is 440 g/mol. The third kappa shape index (κ3) is 4.52. The summed E-state index contributed by atoms with van der Waals surface area (Å²) in [6.45, 7) is 7.74. The first-order valence-corrected chi connectivity index (χ1v) is 10.6. The molecule has 0 fully saturated rings. The lowest BCUT2D eigenvalue weighted by atomic mass is 10.1. The van der Waals surface area contributed by atoms with Crippen molar-refractivity contribution in [3.63, 3.8) is 0 Å². The van der Waals surface area contributed by atoms with Crippen LogP contribution in [0, 0.1) is 13.8 Å². The van der Waals surface area contributed by atoms with Gasteiger partial charge in [-0.2, -0.15) is 0 Å². The van der Waals surface area contributed by atoms with Gasteiger partial charge in [0.25, 0.3) is 5.82 Å². The number of carbonyl (C=O) groups is 2. The summed E-state index contributed by atoms with van der Waals surface area (Å²) in [6.07, 6.45) is 1.77. The van der Waals surface area contributed by atoms with Crippen LogP contribution in [0.3, 0.4) is 0 Å². The van der Waals surface area contributed by atoms with Gasteiger partial charge < -0.3 is 9.30 Å². The van der Waals surface area contributed by atoms with E-state index in [4.69, 9.17) is 4.74 Å². The fraction of sp³-hybridized carbons (Fsp3) is 0.154. The third-order valence-corrected chi connectivity index (χ3v) is 5.34. The summed E-state index contributed by atoms with van der Waals surface area (Å²) >= 11 is 0. The van der Waals surface area contributed by atoms with Crippen LogP contribution in [0.15, 0.2) is 79.4 Å². The summed E-state index contributed by atoms with van der Waals surface area (Å²) in [5.74, 6) is -0.636. The predicted molar refractivity (Wildman–Crippen MR) is 126 cm³/mol. The van der Waals surface area contributed by atoms with E-state index in [0.717, 1.165) is 22.6 Å². The summed E-state index contributed by atoms with van der Waals surface area (Å²) < 4.78 is 8.87. The van der Waals surface area contributed by atoms with Crippen LogP contribution >= 0.6 is 0 Å². The second kappa shape index (κ2) is 9.48. The Balaban J connectivity index is 1.57. The van der Waals surface area contributed by atoms with E-state index in [1.54, 1.807) is 16.8 Å². The lowest BCUT2D eigenvalue weighted by molar-refractivity contribution is 0.0462. The number of hydrogen-bond donors (Lipinski definition) is 0. The quantitative estimate of drug-likeness (QED) is 0.228. The van der Waals surface area contributed by atoms with Crippen LogP contribution in [0.25, 0.3) is 17.1 Å². The van der Waals surface area contributed by atoms with Gasteiger partial charge in [-0.3, -0.25) is 4.79 Å². The molecule has 0 saturated carbocycles. The Bertz CT molecular complexity index is 1250. The maximum absolute atomic E-state index is 12.7. The number of Topliss-reactive ketones (excluding diaryl/α,β-unsaturated/α-hetero) is 1. The SMILES string of the molecule is C=CCn1c(C)cc(C(=O)COC(=O)c2nc(-c3ccccc3)n(-c3ccccc3)n2)c1C. The van der Waals surface area contributed by atoms with Crippen molar-refractivity contribution in [3.05, 3.63) is 102 Å². The molecule has 33 heavy (non-hydrogen) atoms. The highest BCUT2D eigenvalue weighted by Gasteiger charge is 2.22. The number of aromatic nitrogens is 4. The molecule has 7 heteroatoms. The Hall–Kier alpha value is -4.26. The molecule has 0 bridgehead atoms. The largest absolute Gasteiger partial charge is 0.451 e. The molecule has 4 rings (SSSR count). The third-order valence-electron chi connectivity index (χ3n) is 5.34. The first-order chi connectivity index (χ1) is 16.0. The van der Waals surface area contributed by atoms with E-state index in [1.807, 2.05) is 79.1 Å². The van der Waals surface area contributed by atoms with E-state index >= 15 is 0 Å². The van der Waals surface area contributed by atoms with Gasteiger partial charge in [0.05, 0.1) is 5.69 Å². The summed E-state index contributed by atoms with van der Waals surface area (Å²) in [5.41, 5.74) is 3.84. The van der Waals surface area contributed by atoms with Gasteiger partial charge in [0, 0.05) is 29.1 Å². The minimum atomic E-state index is -0.755. The summed E-state index contributed by atoms with van der Waals surface area (Å²) in [5, 5.41) is 4.37. The zero-order valence-corrected chi connectivity index (χ0v) is 18.6. The normalized spacial score (nSPS) is 10.7. The number of hydrogen-bond acceptors (Lipinski definition) is 5. The van der Waals surface area contributed by atoms with Gasteiger partial charge in [-0.25, -0.2) is 14.5 Å². The van der Waals surface area contributed by atoms with Gasteiger partial charge in [0.15, 0.2) is 12.4 Å². The Kier molecular flexibility index (Phi) is 6.31. The molecule has 0 spiro atoms. The van der Waals surface area contributed by atoms with E-state index in [0.29, 0.717) is 17.9 Å². The molecule has 166 valence electrons. The standard InChI is InChI=1S/C26H24N4O3/c1-4-15-29-18(2)16-22(19(29)3)23(31)17-33-26(32)24-27-25(20-11-7-5-8-12-20)30(28-24)21-13-9-6-10-14-21/h4-14,16H,1,15,17H2,2-3H3. The molecule has 0 aliphatic rings. The second-order valence-corrected chi connectivity index (χ2v) is 7.56. The number of para-hydroxylation sites is 1. The van der Waals surface area contributed by atoms with Gasteiger partial charge in [-0.15, -0.1) is 11.7 Å². The Labute approximate surface area is 192 Å². The van der Waals surface area contributed by atoms with Crippen LogP contribution < -0.4 is 0 Å². The smallest absolute Gasteiger partial charge is 0.378 e. The molecule has 0 amide bonds. The lowest BCUT2D eigenvalue weighted by Gasteiger charge is -2.06. The number of benzene rings is 2. The summed E-state index contributed by atoms with van der Waals surface area (Å²) in [4.78, 5) is 29.9. The highest BCUT2D eigenvalue weighted by molar-refractivity contribution is 6.00. The van der Waals surface area contributed by atoms with Crippen molar-refractivity contribution in [1.82, 2.24) is 19.3 Å². The first kappa shape index (κ1) is 22.0. The average molecular weight is 441 g/mol. The molecule has 7 nitrogen and oxygen atoms in total. The van der Waals surface area contributed by atoms with Gasteiger partial charge in [-0.1, -0.05) is 54.6 Å². The summed E-state index contributed by atoms with van der Waals surface area (Å²) in [7, 11) is 0. The number of ether oxygens (including phenoxy) is 1. The van der Waals surface area contributed by atoms with Crippen molar-refractivity contribution < 1.29 is 14.3 Å². The molecule has 0 atom stereocenters. The van der Waals surface area contributed by atoms with Crippen LogP contribution in [0.1, 0.15) is 32.4 Å². The number of ketones is 1. The maximum Gasteiger partial charge on any atom is 0.378 e. The molecular weight excluding hydrogens is 416 g/mol. The van der Waals surface area contributed by atoms with Crippen LogP contribution in [0.5, 0.6) is 0 Å². The fourth-order valence-electron chi connectivity index (χ4n) is 3.69. The van der Waals surface area contributed by atoms with Crippen LogP contribution in [-0.4, -0.2) is 37.7 Å². The highest BCUT2D eigenvalue weighted by Crippen LogP contribution is 2.21. The second-order valence-electron chi connectivity index (χ2n) is 7.56. The number of aryl methyl sites for hydroxylation is 1. The van der Waals surface area contributed by atoms with Gasteiger partial charge in [0.2, 0.25) is 5.78 Å². The van der Waals surface area contributed by atoms with Crippen molar-refractivity contribution >= 4 is 11.8 Å². The number of nitrogens with zero attached hydrogens (tertiary/aromatic N) is 4. The van der Waals surface area contributed by atoms with Gasteiger partial charge in [0.1, 0.15) is 0 Å². The van der Waals surface area contributed by atoms with E-state index in [2.05, 4.69) is 16.7 Å². The predicted octanol–water partition coefficient (Wildman–Crippen LogP) is 4.58. The first-order valence-electron chi connectivity index (χ1n) is 10.6. The van der Waals surface area contributed by atoms with Crippen molar-refractivity contribution in [2.45, 2.75) is 20.4 Å². The van der Waals surface area contributed by atoms with Crippen LogP contribution in [0.2, 0.25) is 0 Å². The molecular formula is C26H24N4O3. The van der Waals surface area contributed by atoms with Crippen molar-refractivity contribution in [3.8, 4) is 17.1 Å². The number of esters is 1. The Morgan fingerprint density at radius 3 is 2.36 bits per heavy atom. The Morgan fingerprint density at radius 1 is 1.03 bits per heavy atom. The van der Waals surface area contributed by atoms with Crippen molar-refractivity contribution in [1.29, 1.82) is 0 Å². The number of carbonyl (C=O) groups excluding carboxylic acids is 2. The molecule has 2 aromatic carbocycles. The van der Waals surface area contributed by atoms with E-state index < -0.39 is 12.6 Å². The molecule has 2 aromatic heterocycles. The van der Waals surface area contributed by atoms with Gasteiger partial charge in [-0.05, 0) is 32.0 Å². The van der Waals surface area contributed by atoms with E-state index in [9.17, 15) is 9.59 Å². The fourth-order valence-corrected chi connectivity index (χ4v) is 3.69. The van der Waals surface area contributed by atoms with E-state index in [1.165, 1.54) is 0 Å². The van der Waals surface area contributed by atoms with Gasteiger partial charge >= 0.3 is 5.97 Å². The lowest BCUT2D eigenvalue weighted by Crippen LogP contribution is -2.16. The molecule has 0 aliphatic heterocycles. The minimum absolute atomic E-state index is 0.109. The molecule has 0 saturated heterocycles. The van der Waals surface area contributed by atoms with Crippen LogP contribution in [-0.2, 0) is 11.3 Å². The zero-order valence-electron chi connectivity index (χ0n) is 18.6. The molecule has 4 aromatic rings. The number of rotatable bonds is 8. The topological polar surface area (TPSA) is 79.0 Å². The highest BCUT2D eigenvalue weighted by atomic mass is 16.5. The summed E-state index contributed by atoms with van der Waals surface area (Å²) in [6, 6.07) is 20.7. The van der Waals surface area contributed by atoms with Crippen LogP contribution in [0.4, 0.5) is 0 Å². The zero-order chi connectivity index (χ0) is 23.4. The van der Waals surface area contributed by atoms with Crippen molar-refractivity contribution in [2.24, 2.45) is 0 Å². The Morgan fingerprint density at radius 2 is 1.70 bits per heavy atom. The molecule has 0 N–H and O–H groups in total. The number of allylic oxidation sites excluding steroid dienone is 1. The van der Waals surface area contributed by atoms with E-state index in [-0.39, 0.29) is 11.6 Å².